The minimum absolute atomic E-state index is 0.188. The molecule has 0 spiro atoms. The van der Waals surface area contributed by atoms with Crippen LogP contribution in [0, 0.1) is 11.3 Å². The van der Waals surface area contributed by atoms with Gasteiger partial charge in [-0.25, -0.2) is 0 Å². The van der Waals surface area contributed by atoms with E-state index in [4.69, 9.17) is 9.47 Å². The van der Waals surface area contributed by atoms with Gasteiger partial charge in [-0.05, 0) is 50.0 Å². The number of carbonyl (C=O) groups is 1. The molecule has 1 unspecified atom stereocenters. The van der Waals surface area contributed by atoms with E-state index in [1.54, 1.807) is 0 Å². The first-order valence-corrected chi connectivity index (χ1v) is 7.74. The second-order valence-corrected chi connectivity index (χ2v) is 6.45. The first-order valence-electron chi connectivity index (χ1n) is 7.74. The quantitative estimate of drug-likeness (QED) is 0.869. The molecule has 0 radical (unpaired) electrons. The van der Waals surface area contributed by atoms with Crippen LogP contribution in [-0.2, 0) is 0 Å². The summed E-state index contributed by atoms with van der Waals surface area (Å²) in [7, 11) is 0. The van der Waals surface area contributed by atoms with Crippen LogP contribution < -0.4 is 14.8 Å². The maximum absolute atomic E-state index is 12.9. The number of hydrogen-bond donors (Lipinski definition) is 1. The minimum atomic E-state index is -0.364. The molecular weight excluding hydrogens is 266 g/mol. The molecule has 1 N–H and O–H groups in total. The van der Waals surface area contributed by atoms with Gasteiger partial charge in [-0.2, -0.15) is 0 Å². The Balaban J connectivity index is 1.83. The third-order valence-electron chi connectivity index (χ3n) is 4.71. The molecule has 1 fully saturated rings. The van der Waals surface area contributed by atoms with Gasteiger partial charge in [0.05, 0.1) is 0 Å². The van der Waals surface area contributed by atoms with E-state index >= 15 is 0 Å². The number of rotatable bonds is 3. The monoisotopic (exact) mass is 289 g/mol. The van der Waals surface area contributed by atoms with Crippen molar-refractivity contribution in [3.8, 4) is 11.5 Å². The zero-order valence-electron chi connectivity index (χ0n) is 12.8. The van der Waals surface area contributed by atoms with Gasteiger partial charge < -0.3 is 14.8 Å². The van der Waals surface area contributed by atoms with Crippen molar-refractivity contribution in [3.63, 3.8) is 0 Å². The van der Waals surface area contributed by atoms with Crippen LogP contribution in [0.2, 0.25) is 0 Å². The Bertz CT molecular complexity index is 533. The van der Waals surface area contributed by atoms with Crippen LogP contribution in [0.4, 0.5) is 0 Å². The predicted octanol–water partition coefficient (Wildman–Crippen LogP) is 2.67. The van der Waals surface area contributed by atoms with Crippen molar-refractivity contribution in [2.24, 2.45) is 11.3 Å². The summed E-state index contributed by atoms with van der Waals surface area (Å²) in [4.78, 5) is 12.9. The highest BCUT2D eigenvalue weighted by atomic mass is 16.6. The lowest BCUT2D eigenvalue weighted by Gasteiger charge is -2.36. The van der Waals surface area contributed by atoms with Crippen molar-refractivity contribution in [1.29, 1.82) is 0 Å². The van der Waals surface area contributed by atoms with Crippen molar-refractivity contribution in [2.45, 2.75) is 26.7 Å². The number of benzene rings is 1. The Labute approximate surface area is 125 Å². The lowest BCUT2D eigenvalue weighted by atomic mass is 9.70. The molecule has 1 aromatic rings. The van der Waals surface area contributed by atoms with E-state index < -0.39 is 0 Å². The van der Waals surface area contributed by atoms with Crippen LogP contribution in [0.1, 0.15) is 37.0 Å². The highest BCUT2D eigenvalue weighted by Gasteiger charge is 2.38. The number of fused-ring (bicyclic) bond motifs is 1. The molecule has 0 aliphatic carbocycles. The van der Waals surface area contributed by atoms with Gasteiger partial charge in [0.1, 0.15) is 13.2 Å². The molecule has 0 aromatic heterocycles. The summed E-state index contributed by atoms with van der Waals surface area (Å²) in [5.41, 5.74) is 0.354. The normalized spacial score (nSPS) is 21.9. The number of hydrogen-bond acceptors (Lipinski definition) is 4. The topological polar surface area (TPSA) is 47.6 Å². The molecule has 2 aliphatic rings. The molecule has 1 aromatic carbocycles. The van der Waals surface area contributed by atoms with Crippen LogP contribution >= 0.6 is 0 Å². The van der Waals surface area contributed by atoms with E-state index in [0.717, 1.165) is 37.2 Å². The fraction of sp³-hybridized carbons (Fsp3) is 0.588. The zero-order valence-corrected chi connectivity index (χ0v) is 12.8. The Morgan fingerprint density at radius 2 is 2.00 bits per heavy atom. The molecule has 1 saturated heterocycles. The third kappa shape index (κ3) is 2.77. The summed E-state index contributed by atoms with van der Waals surface area (Å²) in [6.45, 7) is 7.21. The highest BCUT2D eigenvalue weighted by molar-refractivity contribution is 6.00. The van der Waals surface area contributed by atoms with Gasteiger partial charge in [0, 0.05) is 11.0 Å². The van der Waals surface area contributed by atoms with Gasteiger partial charge in [0.2, 0.25) is 0 Å². The number of nitrogens with one attached hydrogen (secondary N) is 1. The van der Waals surface area contributed by atoms with Gasteiger partial charge in [-0.3, -0.25) is 4.79 Å². The molecule has 4 nitrogen and oxygen atoms in total. The minimum Gasteiger partial charge on any atom is -0.486 e. The fourth-order valence-corrected chi connectivity index (χ4v) is 3.21. The van der Waals surface area contributed by atoms with Crippen LogP contribution in [0.5, 0.6) is 11.5 Å². The summed E-state index contributed by atoms with van der Waals surface area (Å²) in [6, 6.07) is 5.53. The molecular formula is C17H23NO3. The molecule has 0 saturated carbocycles. The number of Topliss-reactive ketones (excluding diaryl/α,β-unsaturated/α-hetero) is 1. The second-order valence-electron chi connectivity index (χ2n) is 6.45. The Morgan fingerprint density at radius 1 is 1.24 bits per heavy atom. The van der Waals surface area contributed by atoms with E-state index in [0.29, 0.717) is 24.9 Å². The molecule has 21 heavy (non-hydrogen) atoms. The number of ether oxygens (including phenoxy) is 2. The summed E-state index contributed by atoms with van der Waals surface area (Å²) in [5, 5.41) is 3.40. The third-order valence-corrected chi connectivity index (χ3v) is 4.71. The highest BCUT2D eigenvalue weighted by Crippen LogP contribution is 2.37. The first-order chi connectivity index (χ1) is 10.1. The summed E-state index contributed by atoms with van der Waals surface area (Å²) in [5.74, 6) is 1.99. The summed E-state index contributed by atoms with van der Waals surface area (Å²) < 4.78 is 11.1. The average Bonchev–Trinajstić information content (AvgIpc) is 2.54. The van der Waals surface area contributed by atoms with Crippen molar-refractivity contribution in [3.05, 3.63) is 23.8 Å². The maximum Gasteiger partial charge on any atom is 0.168 e. The lowest BCUT2D eigenvalue weighted by Crippen LogP contribution is -2.42. The van der Waals surface area contributed by atoms with Crippen molar-refractivity contribution >= 4 is 5.78 Å². The van der Waals surface area contributed by atoms with Crippen molar-refractivity contribution in [1.82, 2.24) is 5.32 Å². The smallest absolute Gasteiger partial charge is 0.168 e. The van der Waals surface area contributed by atoms with Gasteiger partial charge in [0.15, 0.2) is 17.3 Å². The summed E-state index contributed by atoms with van der Waals surface area (Å²) >= 11 is 0. The standard InChI is InChI=1S/C17H23NO3/c1-17(2,13-4-3-7-18-11-13)16(19)12-5-6-14-15(10-12)21-9-8-20-14/h5-6,10,13,18H,3-4,7-9,11H2,1-2H3. The van der Waals surface area contributed by atoms with E-state index in [1.165, 1.54) is 0 Å². The average molecular weight is 289 g/mol. The van der Waals surface area contributed by atoms with Crippen LogP contribution in [0.25, 0.3) is 0 Å². The largest absolute Gasteiger partial charge is 0.486 e. The molecule has 1 atom stereocenters. The zero-order chi connectivity index (χ0) is 14.9. The van der Waals surface area contributed by atoms with Crippen molar-refractivity contribution in [2.75, 3.05) is 26.3 Å². The van der Waals surface area contributed by atoms with Gasteiger partial charge in [-0.15, -0.1) is 0 Å². The summed E-state index contributed by atoms with van der Waals surface area (Å²) in [6.07, 6.45) is 2.25. The van der Waals surface area contributed by atoms with E-state index in [-0.39, 0.29) is 11.2 Å². The van der Waals surface area contributed by atoms with Crippen molar-refractivity contribution < 1.29 is 14.3 Å². The number of ketones is 1. The molecule has 114 valence electrons. The Hall–Kier alpha value is -1.55. The van der Waals surface area contributed by atoms with E-state index in [1.807, 2.05) is 18.2 Å². The maximum atomic E-state index is 12.9. The number of carbonyl (C=O) groups excluding carboxylic acids is 1. The predicted molar refractivity (Wildman–Crippen MR) is 81.1 cm³/mol. The van der Waals surface area contributed by atoms with Gasteiger partial charge >= 0.3 is 0 Å². The van der Waals surface area contributed by atoms with E-state index in [2.05, 4.69) is 19.2 Å². The van der Waals surface area contributed by atoms with Gasteiger partial charge in [-0.1, -0.05) is 13.8 Å². The number of piperidine rings is 1. The van der Waals surface area contributed by atoms with Crippen LogP contribution in [-0.4, -0.2) is 32.1 Å². The molecule has 2 aliphatic heterocycles. The second kappa shape index (κ2) is 5.68. The van der Waals surface area contributed by atoms with E-state index in [9.17, 15) is 4.79 Å². The lowest BCUT2D eigenvalue weighted by molar-refractivity contribution is 0.0707. The van der Waals surface area contributed by atoms with Crippen LogP contribution in [0.15, 0.2) is 18.2 Å². The first kappa shape index (κ1) is 14.4. The SMILES string of the molecule is CC(C)(C(=O)c1ccc2c(c1)OCCO2)C1CCCNC1. The van der Waals surface area contributed by atoms with Crippen LogP contribution in [0.3, 0.4) is 0 Å². The van der Waals surface area contributed by atoms with Gasteiger partial charge in [0.25, 0.3) is 0 Å². The Morgan fingerprint density at radius 3 is 2.71 bits per heavy atom. The molecule has 0 amide bonds. The molecule has 3 rings (SSSR count). The molecule has 2 heterocycles. The fourth-order valence-electron chi connectivity index (χ4n) is 3.21. The molecule has 0 bridgehead atoms. The Kier molecular flexibility index (Phi) is 3.89. The molecule has 4 heteroatoms.